The van der Waals surface area contributed by atoms with Crippen LogP contribution in [0.25, 0.3) is 0 Å². The monoisotopic (exact) mass is 316 g/mol. The third kappa shape index (κ3) is 3.39. The molecule has 0 unspecified atom stereocenters. The van der Waals surface area contributed by atoms with Gasteiger partial charge in [-0.25, -0.2) is 0 Å². The number of hydrogen-bond donors (Lipinski definition) is 1. The molecular formula is C16H20N4O3. The van der Waals surface area contributed by atoms with Gasteiger partial charge in [0.1, 0.15) is 5.56 Å². The lowest BCUT2D eigenvalue weighted by Crippen LogP contribution is -2.16. The zero-order chi connectivity index (χ0) is 17.1. The van der Waals surface area contributed by atoms with E-state index in [9.17, 15) is 14.9 Å². The summed E-state index contributed by atoms with van der Waals surface area (Å²) in [5.41, 5.74) is 1.33. The molecule has 0 saturated heterocycles. The number of nitrogens with one attached hydrogen (secondary N) is 1. The van der Waals surface area contributed by atoms with Crippen molar-refractivity contribution in [3.05, 3.63) is 51.2 Å². The molecule has 23 heavy (non-hydrogen) atoms. The van der Waals surface area contributed by atoms with Crippen LogP contribution in [-0.4, -0.2) is 20.6 Å². The third-order valence-electron chi connectivity index (χ3n) is 3.85. The topological polar surface area (TPSA) is 90.1 Å². The second kappa shape index (κ2) is 6.60. The zero-order valence-electron chi connectivity index (χ0n) is 13.7. The Balaban J connectivity index is 2.32. The second-order valence-electron chi connectivity index (χ2n) is 5.55. The van der Waals surface area contributed by atoms with Crippen molar-refractivity contribution in [3.8, 4) is 0 Å². The molecule has 1 heterocycles. The molecule has 1 atom stereocenters. The lowest BCUT2D eigenvalue weighted by Gasteiger charge is -2.11. The summed E-state index contributed by atoms with van der Waals surface area (Å²) in [6, 6.07) is 6.53. The summed E-state index contributed by atoms with van der Waals surface area (Å²) < 4.78 is 1.84. The van der Waals surface area contributed by atoms with Crippen LogP contribution in [0, 0.1) is 24.0 Å². The molecule has 0 fully saturated rings. The summed E-state index contributed by atoms with van der Waals surface area (Å²) in [5, 5.41) is 18.1. The largest absolute Gasteiger partial charge is 0.305 e. The molecule has 0 bridgehead atoms. The van der Waals surface area contributed by atoms with Gasteiger partial charge in [0.15, 0.2) is 5.82 Å². The van der Waals surface area contributed by atoms with Crippen LogP contribution in [-0.2, 0) is 0 Å². The van der Waals surface area contributed by atoms with Gasteiger partial charge in [0, 0.05) is 23.9 Å². The molecule has 7 heteroatoms. The van der Waals surface area contributed by atoms with Gasteiger partial charge in [-0.3, -0.25) is 19.6 Å². The van der Waals surface area contributed by atoms with Gasteiger partial charge in [0.05, 0.1) is 4.92 Å². The molecule has 1 N–H and O–H groups in total. The van der Waals surface area contributed by atoms with Crippen molar-refractivity contribution in [2.45, 2.75) is 40.2 Å². The van der Waals surface area contributed by atoms with Gasteiger partial charge in [-0.2, -0.15) is 5.10 Å². The number of nitro groups is 1. The fourth-order valence-electron chi connectivity index (χ4n) is 2.45. The maximum atomic E-state index is 12.5. The van der Waals surface area contributed by atoms with Gasteiger partial charge in [0.2, 0.25) is 0 Å². The number of nitrogens with zero attached hydrogens (tertiary/aromatic N) is 3. The van der Waals surface area contributed by atoms with Crippen LogP contribution in [0.2, 0.25) is 0 Å². The average molecular weight is 316 g/mol. The van der Waals surface area contributed by atoms with Crippen molar-refractivity contribution in [1.29, 1.82) is 0 Å². The highest BCUT2D eigenvalue weighted by molar-refractivity contribution is 6.07. The van der Waals surface area contributed by atoms with Crippen molar-refractivity contribution in [2.75, 3.05) is 5.32 Å². The summed E-state index contributed by atoms with van der Waals surface area (Å²) in [7, 11) is 0. The van der Waals surface area contributed by atoms with Crippen LogP contribution < -0.4 is 5.32 Å². The minimum absolute atomic E-state index is 0.0632. The lowest BCUT2D eigenvalue weighted by atomic mass is 10.1. The van der Waals surface area contributed by atoms with Crippen LogP contribution in [0.1, 0.15) is 47.9 Å². The number of aromatic nitrogens is 2. The Labute approximate surface area is 134 Å². The Morgan fingerprint density at radius 1 is 1.43 bits per heavy atom. The van der Waals surface area contributed by atoms with Gasteiger partial charge in [-0.05, 0) is 32.8 Å². The molecule has 1 aromatic heterocycles. The first kappa shape index (κ1) is 16.7. The van der Waals surface area contributed by atoms with Crippen LogP contribution in [0.5, 0.6) is 0 Å². The molecular weight excluding hydrogens is 296 g/mol. The van der Waals surface area contributed by atoms with Gasteiger partial charge in [-0.1, -0.05) is 19.1 Å². The van der Waals surface area contributed by atoms with Crippen molar-refractivity contribution >= 4 is 17.4 Å². The fraction of sp³-hybridized carbons (Fsp3) is 0.375. The van der Waals surface area contributed by atoms with E-state index in [4.69, 9.17) is 0 Å². The molecule has 0 aliphatic rings. The molecule has 2 rings (SSSR count). The number of rotatable bonds is 5. The standard InChI is InChI=1S/C16H20N4O3/c1-5-11(3)19-12(4)9-14(18-19)17-16(21)15-10(2)7-6-8-13(15)20(22)23/h6-9,11H,5H2,1-4H3,(H,17,18,21)/t11-/m0/s1. The Kier molecular flexibility index (Phi) is 4.78. The zero-order valence-corrected chi connectivity index (χ0v) is 13.7. The number of anilines is 1. The van der Waals surface area contributed by atoms with Gasteiger partial charge in [-0.15, -0.1) is 0 Å². The van der Waals surface area contributed by atoms with Crippen LogP contribution in [0.4, 0.5) is 11.5 Å². The van der Waals surface area contributed by atoms with E-state index >= 15 is 0 Å². The van der Waals surface area contributed by atoms with Crippen LogP contribution in [0.3, 0.4) is 0 Å². The first-order valence-corrected chi connectivity index (χ1v) is 7.46. The Hall–Kier alpha value is -2.70. The number of aryl methyl sites for hydroxylation is 2. The van der Waals surface area contributed by atoms with E-state index < -0.39 is 10.8 Å². The SMILES string of the molecule is CC[C@H](C)n1nc(NC(=O)c2c(C)cccc2[N+](=O)[O-])cc1C. The summed E-state index contributed by atoms with van der Waals surface area (Å²) in [6.45, 7) is 7.68. The third-order valence-corrected chi connectivity index (χ3v) is 3.85. The predicted molar refractivity (Wildman–Crippen MR) is 87.8 cm³/mol. The molecule has 2 aromatic rings. The van der Waals surface area contributed by atoms with E-state index in [0.717, 1.165) is 12.1 Å². The normalized spacial score (nSPS) is 12.0. The Morgan fingerprint density at radius 2 is 2.13 bits per heavy atom. The van der Waals surface area contributed by atoms with Gasteiger partial charge < -0.3 is 5.32 Å². The number of carbonyl (C=O) groups is 1. The summed E-state index contributed by atoms with van der Waals surface area (Å²) in [6.07, 6.45) is 0.916. The van der Waals surface area contributed by atoms with E-state index in [2.05, 4.69) is 17.3 Å². The molecule has 0 spiro atoms. The quantitative estimate of drug-likeness (QED) is 0.673. The first-order valence-electron chi connectivity index (χ1n) is 7.46. The fourth-order valence-corrected chi connectivity index (χ4v) is 2.45. The number of amides is 1. The van der Waals surface area contributed by atoms with Crippen LogP contribution in [0.15, 0.2) is 24.3 Å². The van der Waals surface area contributed by atoms with Crippen molar-refractivity contribution in [3.63, 3.8) is 0 Å². The molecule has 1 amide bonds. The molecule has 0 radical (unpaired) electrons. The van der Waals surface area contributed by atoms with E-state index in [1.165, 1.54) is 6.07 Å². The van der Waals surface area contributed by atoms with Crippen molar-refractivity contribution in [1.82, 2.24) is 9.78 Å². The Bertz CT molecular complexity index is 752. The highest BCUT2D eigenvalue weighted by Crippen LogP contribution is 2.23. The molecule has 0 saturated carbocycles. The molecule has 122 valence electrons. The minimum atomic E-state index is -0.551. The average Bonchev–Trinajstić information content (AvgIpc) is 2.86. The molecule has 7 nitrogen and oxygen atoms in total. The number of benzene rings is 1. The first-order chi connectivity index (χ1) is 10.8. The highest BCUT2D eigenvalue weighted by Gasteiger charge is 2.23. The molecule has 0 aliphatic carbocycles. The molecule has 0 aliphatic heterocycles. The van der Waals surface area contributed by atoms with E-state index in [0.29, 0.717) is 11.4 Å². The minimum Gasteiger partial charge on any atom is -0.305 e. The maximum Gasteiger partial charge on any atom is 0.282 e. The van der Waals surface area contributed by atoms with Crippen molar-refractivity contribution < 1.29 is 9.72 Å². The molecule has 1 aromatic carbocycles. The van der Waals surface area contributed by atoms with Crippen molar-refractivity contribution in [2.24, 2.45) is 0 Å². The van der Waals surface area contributed by atoms with Crippen LogP contribution >= 0.6 is 0 Å². The van der Waals surface area contributed by atoms with E-state index in [1.54, 1.807) is 25.1 Å². The van der Waals surface area contributed by atoms with E-state index in [1.807, 2.05) is 18.5 Å². The smallest absolute Gasteiger partial charge is 0.282 e. The maximum absolute atomic E-state index is 12.5. The number of nitro benzene ring substituents is 1. The lowest BCUT2D eigenvalue weighted by molar-refractivity contribution is -0.385. The summed E-state index contributed by atoms with van der Waals surface area (Å²) in [5.74, 6) is -0.131. The van der Waals surface area contributed by atoms with Gasteiger partial charge in [0.25, 0.3) is 11.6 Å². The number of carbonyl (C=O) groups excluding carboxylic acids is 1. The number of hydrogen-bond acceptors (Lipinski definition) is 4. The predicted octanol–water partition coefficient (Wildman–Crippen LogP) is 3.63. The van der Waals surface area contributed by atoms with Gasteiger partial charge >= 0.3 is 0 Å². The second-order valence-corrected chi connectivity index (χ2v) is 5.55. The summed E-state index contributed by atoms with van der Waals surface area (Å²) in [4.78, 5) is 23.0. The Morgan fingerprint density at radius 3 is 2.74 bits per heavy atom. The summed E-state index contributed by atoms with van der Waals surface area (Å²) >= 11 is 0. The van der Waals surface area contributed by atoms with E-state index in [-0.39, 0.29) is 17.3 Å². The highest BCUT2D eigenvalue weighted by atomic mass is 16.6.